The molecule has 1 aliphatic heterocycles. The summed E-state index contributed by atoms with van der Waals surface area (Å²) >= 11 is 0. The van der Waals surface area contributed by atoms with Gasteiger partial charge < -0.3 is 14.2 Å². The highest BCUT2D eigenvalue weighted by atomic mass is 16.5. The molecule has 116 valence electrons. The summed E-state index contributed by atoms with van der Waals surface area (Å²) in [6, 6.07) is 7.07. The Hall–Kier alpha value is -2.41. The van der Waals surface area contributed by atoms with E-state index >= 15 is 0 Å². The molecule has 0 unspecified atom stereocenters. The number of fused-ring (bicyclic) bond motifs is 1. The number of benzene rings is 1. The van der Waals surface area contributed by atoms with Gasteiger partial charge in [0, 0.05) is 20.1 Å². The van der Waals surface area contributed by atoms with Crippen molar-refractivity contribution in [2.24, 2.45) is 7.05 Å². The number of rotatable bonds is 2. The predicted octanol–water partition coefficient (Wildman–Crippen LogP) is -0.441. The van der Waals surface area contributed by atoms with Gasteiger partial charge in [0.25, 0.3) is 0 Å². The van der Waals surface area contributed by atoms with Crippen LogP contribution in [0.15, 0.2) is 33.9 Å². The van der Waals surface area contributed by atoms with Gasteiger partial charge in [0.05, 0.1) is 24.2 Å². The highest BCUT2D eigenvalue weighted by Crippen LogP contribution is 2.10. The maximum Gasteiger partial charge on any atom is 0.317 e. The number of ether oxygens (including phenoxy) is 1. The van der Waals surface area contributed by atoms with Crippen molar-refractivity contribution in [3.63, 3.8) is 0 Å². The number of amides is 1. The van der Waals surface area contributed by atoms with Crippen LogP contribution in [0.25, 0.3) is 11.0 Å². The Morgan fingerprint density at radius 3 is 2.41 bits per heavy atom. The van der Waals surface area contributed by atoms with Gasteiger partial charge in [0.15, 0.2) is 0 Å². The molecule has 0 bridgehead atoms. The van der Waals surface area contributed by atoms with E-state index < -0.39 is 11.1 Å². The third-order valence-corrected chi connectivity index (χ3v) is 3.92. The number of aryl methyl sites for hydroxylation is 1. The topological polar surface area (TPSA) is 73.5 Å². The molecule has 1 aromatic carbocycles. The van der Waals surface area contributed by atoms with Gasteiger partial charge in [-0.2, -0.15) is 0 Å². The van der Waals surface area contributed by atoms with Gasteiger partial charge in [-0.1, -0.05) is 12.1 Å². The van der Waals surface area contributed by atoms with Crippen molar-refractivity contribution in [3.8, 4) is 0 Å². The monoisotopic (exact) mass is 303 g/mol. The molecule has 0 N–H and O–H groups in total. The first kappa shape index (κ1) is 14.5. The summed E-state index contributed by atoms with van der Waals surface area (Å²) in [4.78, 5) is 38.3. The minimum absolute atomic E-state index is 0.130. The molecule has 1 aliphatic rings. The maximum absolute atomic E-state index is 12.4. The molecule has 2 aromatic rings. The molecule has 7 heteroatoms. The molecule has 0 aliphatic carbocycles. The average Bonchev–Trinajstić information content (AvgIpc) is 2.57. The molecule has 0 saturated carbocycles. The van der Waals surface area contributed by atoms with Crippen molar-refractivity contribution >= 4 is 16.9 Å². The van der Waals surface area contributed by atoms with Crippen LogP contribution in [0.2, 0.25) is 0 Å². The van der Waals surface area contributed by atoms with Gasteiger partial charge in [-0.05, 0) is 12.1 Å². The third kappa shape index (κ3) is 2.43. The summed E-state index contributed by atoms with van der Waals surface area (Å²) < 4.78 is 7.79. The normalized spacial score (nSPS) is 15.2. The zero-order valence-corrected chi connectivity index (χ0v) is 12.3. The van der Waals surface area contributed by atoms with Crippen LogP contribution in [0.3, 0.4) is 0 Å². The predicted molar refractivity (Wildman–Crippen MR) is 80.8 cm³/mol. The zero-order chi connectivity index (χ0) is 15.7. The Kier molecular flexibility index (Phi) is 3.81. The molecule has 22 heavy (non-hydrogen) atoms. The van der Waals surface area contributed by atoms with Crippen molar-refractivity contribution in [3.05, 3.63) is 45.0 Å². The molecular formula is C15H17N3O4. The molecule has 0 atom stereocenters. The second-order valence-electron chi connectivity index (χ2n) is 5.24. The highest BCUT2D eigenvalue weighted by Gasteiger charge is 2.19. The van der Waals surface area contributed by atoms with Crippen LogP contribution in [0.1, 0.15) is 0 Å². The lowest BCUT2D eigenvalue weighted by atomic mass is 10.2. The fourth-order valence-electron chi connectivity index (χ4n) is 2.66. The largest absolute Gasteiger partial charge is 0.378 e. The number of nitrogens with zero attached hydrogens (tertiary/aromatic N) is 3. The summed E-state index contributed by atoms with van der Waals surface area (Å²) in [5.41, 5.74) is -0.102. The van der Waals surface area contributed by atoms with Crippen LogP contribution >= 0.6 is 0 Å². The number of carbonyl (C=O) groups is 1. The molecule has 1 saturated heterocycles. The first-order valence-corrected chi connectivity index (χ1v) is 7.13. The van der Waals surface area contributed by atoms with Crippen LogP contribution in [0, 0.1) is 0 Å². The lowest BCUT2D eigenvalue weighted by molar-refractivity contribution is -0.135. The lowest BCUT2D eigenvalue weighted by Gasteiger charge is -2.27. The van der Waals surface area contributed by atoms with Crippen LogP contribution in [-0.4, -0.2) is 46.2 Å². The van der Waals surface area contributed by atoms with E-state index in [-0.39, 0.29) is 12.5 Å². The average molecular weight is 303 g/mol. The van der Waals surface area contributed by atoms with E-state index in [9.17, 15) is 14.4 Å². The minimum atomic E-state index is -0.678. The fourth-order valence-corrected chi connectivity index (χ4v) is 2.66. The Balaban J connectivity index is 2.05. The molecule has 1 fully saturated rings. The van der Waals surface area contributed by atoms with E-state index in [2.05, 4.69) is 0 Å². The molecule has 0 radical (unpaired) electrons. The summed E-state index contributed by atoms with van der Waals surface area (Å²) in [6.07, 6.45) is 0. The quantitative estimate of drug-likeness (QED) is 0.705. The Morgan fingerprint density at radius 2 is 1.73 bits per heavy atom. The van der Waals surface area contributed by atoms with E-state index in [1.54, 1.807) is 36.2 Å². The fraction of sp³-hybridized carbons (Fsp3) is 0.400. The van der Waals surface area contributed by atoms with E-state index in [0.717, 1.165) is 0 Å². The Labute approximate surface area is 126 Å². The minimum Gasteiger partial charge on any atom is -0.378 e. The van der Waals surface area contributed by atoms with Gasteiger partial charge in [-0.25, -0.2) is 0 Å². The van der Waals surface area contributed by atoms with Crippen molar-refractivity contribution in [2.45, 2.75) is 6.54 Å². The van der Waals surface area contributed by atoms with Crippen LogP contribution in [0.5, 0.6) is 0 Å². The van der Waals surface area contributed by atoms with E-state index in [0.29, 0.717) is 37.3 Å². The Bertz CT molecular complexity index is 831. The van der Waals surface area contributed by atoms with E-state index in [1.807, 2.05) is 0 Å². The molecule has 0 spiro atoms. The van der Waals surface area contributed by atoms with E-state index in [4.69, 9.17) is 4.74 Å². The molecule has 2 heterocycles. The van der Waals surface area contributed by atoms with Gasteiger partial charge in [-0.3, -0.25) is 19.0 Å². The summed E-state index contributed by atoms with van der Waals surface area (Å²) in [5.74, 6) is -0.177. The molecule has 1 amide bonds. The molecule has 7 nitrogen and oxygen atoms in total. The zero-order valence-electron chi connectivity index (χ0n) is 12.3. The number of para-hydroxylation sites is 2. The van der Waals surface area contributed by atoms with Gasteiger partial charge in [-0.15, -0.1) is 0 Å². The highest BCUT2D eigenvalue weighted by molar-refractivity contribution is 5.80. The van der Waals surface area contributed by atoms with Crippen molar-refractivity contribution in [1.82, 2.24) is 14.0 Å². The van der Waals surface area contributed by atoms with Crippen molar-refractivity contribution in [2.75, 3.05) is 26.3 Å². The Morgan fingerprint density at radius 1 is 1.09 bits per heavy atom. The van der Waals surface area contributed by atoms with Gasteiger partial charge >= 0.3 is 11.1 Å². The van der Waals surface area contributed by atoms with Gasteiger partial charge in [0.2, 0.25) is 5.91 Å². The smallest absolute Gasteiger partial charge is 0.317 e. The van der Waals surface area contributed by atoms with E-state index in [1.165, 1.54) is 9.13 Å². The van der Waals surface area contributed by atoms with Crippen LogP contribution in [-0.2, 0) is 23.1 Å². The van der Waals surface area contributed by atoms with Gasteiger partial charge in [0.1, 0.15) is 6.54 Å². The number of morpholine rings is 1. The molecule has 1 aromatic heterocycles. The number of carbonyl (C=O) groups excluding carboxylic acids is 1. The standard InChI is InChI=1S/C15H17N3O4/c1-16-11-4-2-3-5-12(11)18(15(21)14(16)20)10-13(19)17-6-8-22-9-7-17/h2-5H,6-10H2,1H3. The second kappa shape index (κ2) is 5.76. The van der Waals surface area contributed by atoms with Crippen molar-refractivity contribution in [1.29, 1.82) is 0 Å². The van der Waals surface area contributed by atoms with Crippen LogP contribution in [0.4, 0.5) is 0 Å². The molecular weight excluding hydrogens is 286 g/mol. The van der Waals surface area contributed by atoms with Crippen molar-refractivity contribution < 1.29 is 9.53 Å². The number of hydrogen-bond acceptors (Lipinski definition) is 4. The van der Waals surface area contributed by atoms with Crippen LogP contribution < -0.4 is 11.1 Å². The molecule has 3 rings (SSSR count). The number of aromatic nitrogens is 2. The first-order valence-electron chi connectivity index (χ1n) is 7.13. The number of hydrogen-bond donors (Lipinski definition) is 0. The second-order valence-corrected chi connectivity index (χ2v) is 5.24. The summed E-state index contributed by atoms with van der Waals surface area (Å²) in [7, 11) is 1.56. The first-order chi connectivity index (χ1) is 10.6. The summed E-state index contributed by atoms with van der Waals surface area (Å²) in [5, 5.41) is 0. The SMILES string of the molecule is Cn1c(=O)c(=O)n(CC(=O)N2CCOCC2)c2ccccc21. The maximum atomic E-state index is 12.4. The summed E-state index contributed by atoms with van der Waals surface area (Å²) in [6.45, 7) is 1.89. The third-order valence-electron chi connectivity index (χ3n) is 3.92. The lowest BCUT2D eigenvalue weighted by Crippen LogP contribution is -2.46.